The van der Waals surface area contributed by atoms with Gasteiger partial charge in [-0.1, -0.05) is 45.8 Å². The molecule has 3 fully saturated rings. The fourth-order valence-corrected chi connectivity index (χ4v) is 5.75. The number of allylic oxidation sites excluding steroid dienone is 1. The van der Waals surface area contributed by atoms with Crippen LogP contribution < -0.4 is 5.32 Å². The molecule has 3 heteroatoms. The zero-order valence-corrected chi connectivity index (χ0v) is 17.4. The Morgan fingerprint density at radius 1 is 1.31 bits per heavy atom. The number of esters is 1. The van der Waals surface area contributed by atoms with Gasteiger partial charge in [-0.05, 0) is 62.7 Å². The molecule has 0 amide bonds. The van der Waals surface area contributed by atoms with Gasteiger partial charge >= 0.3 is 5.97 Å². The first-order valence-corrected chi connectivity index (χ1v) is 10.9. The Labute approximate surface area is 160 Å². The number of carbonyl (C=O) groups is 1. The number of rotatable bonds is 7. The van der Waals surface area contributed by atoms with Crippen LogP contribution in [0.1, 0.15) is 79.1 Å². The summed E-state index contributed by atoms with van der Waals surface area (Å²) in [4.78, 5) is 12.6. The second-order valence-electron chi connectivity index (χ2n) is 10.0. The van der Waals surface area contributed by atoms with Crippen molar-refractivity contribution < 1.29 is 9.53 Å². The standard InChI is InChI=1S/C23H39NO2/c1-15(2)8-6-10-17(4)24-14-19-18-12-20-16(3)9-7-11-23(20,5)13-21(18)26-22(19)25/h15,17-21,24H,3,6-14H2,1-2,4-5H3/t17-,18+,19+,20+,21+,23+/m0/s1. The van der Waals surface area contributed by atoms with E-state index in [9.17, 15) is 4.79 Å². The monoisotopic (exact) mass is 361 g/mol. The molecule has 1 aliphatic heterocycles. The maximum Gasteiger partial charge on any atom is 0.310 e. The molecule has 0 aromatic carbocycles. The second kappa shape index (κ2) is 8.04. The number of carbonyl (C=O) groups excluding carboxylic acids is 1. The molecule has 3 aliphatic rings. The van der Waals surface area contributed by atoms with E-state index >= 15 is 0 Å². The minimum absolute atomic E-state index is 0.0341. The Hall–Kier alpha value is -0.830. The van der Waals surface area contributed by atoms with Gasteiger partial charge < -0.3 is 10.1 Å². The summed E-state index contributed by atoms with van der Waals surface area (Å²) in [5, 5.41) is 3.63. The summed E-state index contributed by atoms with van der Waals surface area (Å²) in [5.74, 6) is 1.80. The molecular formula is C23H39NO2. The average molecular weight is 362 g/mol. The largest absolute Gasteiger partial charge is 0.462 e. The van der Waals surface area contributed by atoms with Crippen LogP contribution in [0.3, 0.4) is 0 Å². The minimum atomic E-state index is 0.0341. The third-order valence-corrected chi connectivity index (χ3v) is 7.42. The first-order chi connectivity index (χ1) is 12.3. The van der Waals surface area contributed by atoms with Crippen LogP contribution in [0.5, 0.6) is 0 Å². The van der Waals surface area contributed by atoms with Crippen molar-refractivity contribution in [3.63, 3.8) is 0 Å². The fourth-order valence-electron chi connectivity index (χ4n) is 5.75. The number of nitrogens with one attached hydrogen (secondary N) is 1. The molecule has 0 radical (unpaired) electrons. The van der Waals surface area contributed by atoms with Gasteiger partial charge in [0.05, 0.1) is 5.92 Å². The summed E-state index contributed by atoms with van der Waals surface area (Å²) in [7, 11) is 0. The number of ether oxygens (including phenoxy) is 1. The van der Waals surface area contributed by atoms with Crippen LogP contribution in [-0.4, -0.2) is 24.7 Å². The van der Waals surface area contributed by atoms with Crippen LogP contribution in [0.25, 0.3) is 0 Å². The maximum atomic E-state index is 12.6. The van der Waals surface area contributed by atoms with Gasteiger partial charge in [0, 0.05) is 18.5 Å². The van der Waals surface area contributed by atoms with Gasteiger partial charge in [0.2, 0.25) is 0 Å². The Morgan fingerprint density at radius 3 is 2.81 bits per heavy atom. The fraction of sp³-hybridized carbons (Fsp3) is 0.870. The van der Waals surface area contributed by atoms with Crippen molar-refractivity contribution in [3.05, 3.63) is 12.2 Å². The maximum absolute atomic E-state index is 12.6. The molecule has 3 rings (SSSR count). The van der Waals surface area contributed by atoms with E-state index in [1.807, 2.05) is 0 Å². The lowest BCUT2D eigenvalue weighted by Crippen LogP contribution is -2.45. The highest BCUT2D eigenvalue weighted by atomic mass is 16.6. The van der Waals surface area contributed by atoms with Gasteiger partial charge in [-0.3, -0.25) is 4.79 Å². The smallest absolute Gasteiger partial charge is 0.310 e. The van der Waals surface area contributed by atoms with Gasteiger partial charge in [0.25, 0.3) is 0 Å². The van der Waals surface area contributed by atoms with Gasteiger partial charge in [-0.2, -0.15) is 0 Å². The molecule has 2 saturated carbocycles. The molecule has 6 atom stereocenters. The zero-order chi connectivity index (χ0) is 18.9. The van der Waals surface area contributed by atoms with Crippen molar-refractivity contribution in [1.82, 2.24) is 5.32 Å². The molecule has 0 aromatic rings. The molecule has 1 saturated heterocycles. The van der Waals surface area contributed by atoms with Crippen LogP contribution in [-0.2, 0) is 9.53 Å². The van der Waals surface area contributed by atoms with Gasteiger partial charge in [-0.25, -0.2) is 0 Å². The van der Waals surface area contributed by atoms with Crippen molar-refractivity contribution in [3.8, 4) is 0 Å². The first-order valence-electron chi connectivity index (χ1n) is 10.9. The molecule has 26 heavy (non-hydrogen) atoms. The van der Waals surface area contributed by atoms with Crippen molar-refractivity contribution >= 4 is 5.97 Å². The highest BCUT2D eigenvalue weighted by molar-refractivity contribution is 5.75. The highest BCUT2D eigenvalue weighted by Crippen LogP contribution is 2.56. The third kappa shape index (κ3) is 4.18. The minimum Gasteiger partial charge on any atom is -0.462 e. The Balaban J connectivity index is 1.56. The van der Waals surface area contributed by atoms with Gasteiger partial charge in [-0.15, -0.1) is 0 Å². The van der Waals surface area contributed by atoms with E-state index in [4.69, 9.17) is 4.74 Å². The van der Waals surface area contributed by atoms with Gasteiger partial charge in [0.15, 0.2) is 0 Å². The molecule has 148 valence electrons. The SMILES string of the molecule is C=C1CCC[C@]2(C)C[C@H]3OC(=O)[C@H](CN[C@@H](C)CCCC(C)C)[C@H]3C[C@H]12. The predicted molar refractivity (Wildman–Crippen MR) is 107 cm³/mol. The molecule has 0 unspecified atom stereocenters. The van der Waals surface area contributed by atoms with E-state index in [2.05, 4.69) is 39.6 Å². The van der Waals surface area contributed by atoms with Crippen LogP contribution >= 0.6 is 0 Å². The molecule has 0 aromatic heterocycles. The molecule has 1 heterocycles. The van der Waals surface area contributed by atoms with Crippen molar-refractivity contribution in [2.45, 2.75) is 91.2 Å². The zero-order valence-electron chi connectivity index (χ0n) is 17.4. The normalized spacial score (nSPS) is 38.0. The Kier molecular flexibility index (Phi) is 6.16. The summed E-state index contributed by atoms with van der Waals surface area (Å²) in [6.45, 7) is 14.4. The van der Waals surface area contributed by atoms with Crippen LogP contribution in [0, 0.1) is 29.1 Å². The second-order valence-corrected chi connectivity index (χ2v) is 10.0. The van der Waals surface area contributed by atoms with Gasteiger partial charge in [0.1, 0.15) is 6.10 Å². The number of hydrogen-bond donors (Lipinski definition) is 1. The van der Waals surface area contributed by atoms with Crippen LogP contribution in [0.4, 0.5) is 0 Å². The molecular weight excluding hydrogens is 322 g/mol. The summed E-state index contributed by atoms with van der Waals surface area (Å²) in [6, 6.07) is 0.471. The molecule has 0 bridgehead atoms. The molecule has 0 spiro atoms. The lowest BCUT2D eigenvalue weighted by Gasteiger charge is -2.50. The van der Waals surface area contributed by atoms with Crippen LogP contribution in [0.2, 0.25) is 0 Å². The molecule has 2 aliphatic carbocycles. The molecule has 3 nitrogen and oxygen atoms in total. The number of hydrogen-bond acceptors (Lipinski definition) is 3. The topological polar surface area (TPSA) is 38.3 Å². The molecule has 1 N–H and O–H groups in total. The lowest BCUT2D eigenvalue weighted by atomic mass is 9.55. The Morgan fingerprint density at radius 2 is 2.08 bits per heavy atom. The van der Waals surface area contributed by atoms with Crippen molar-refractivity contribution in [2.75, 3.05) is 6.54 Å². The van der Waals surface area contributed by atoms with E-state index in [1.54, 1.807) is 0 Å². The summed E-state index contributed by atoms with van der Waals surface area (Å²) < 4.78 is 5.86. The van der Waals surface area contributed by atoms with E-state index in [-0.39, 0.29) is 18.0 Å². The van der Waals surface area contributed by atoms with E-state index in [1.165, 1.54) is 44.1 Å². The quantitative estimate of drug-likeness (QED) is 0.506. The Bertz CT molecular complexity index is 528. The van der Waals surface area contributed by atoms with E-state index in [0.29, 0.717) is 23.3 Å². The van der Waals surface area contributed by atoms with Crippen molar-refractivity contribution in [2.24, 2.45) is 29.1 Å². The van der Waals surface area contributed by atoms with E-state index < -0.39 is 0 Å². The highest BCUT2D eigenvalue weighted by Gasteiger charge is 2.54. The van der Waals surface area contributed by atoms with Crippen LogP contribution in [0.15, 0.2) is 12.2 Å². The predicted octanol–water partition coefficient (Wildman–Crippen LogP) is 5.11. The summed E-state index contributed by atoms with van der Waals surface area (Å²) in [5.41, 5.74) is 1.72. The summed E-state index contributed by atoms with van der Waals surface area (Å²) in [6.07, 6.45) is 9.67. The average Bonchev–Trinajstić information content (AvgIpc) is 2.84. The summed E-state index contributed by atoms with van der Waals surface area (Å²) >= 11 is 0. The number of fused-ring (bicyclic) bond motifs is 2. The van der Waals surface area contributed by atoms with E-state index in [0.717, 1.165) is 25.3 Å². The third-order valence-electron chi connectivity index (χ3n) is 7.42. The van der Waals surface area contributed by atoms with Crippen molar-refractivity contribution in [1.29, 1.82) is 0 Å². The first kappa shape index (κ1) is 19.9. The lowest BCUT2D eigenvalue weighted by molar-refractivity contribution is -0.146.